The van der Waals surface area contributed by atoms with Crippen LogP contribution in [0.2, 0.25) is 0 Å². The molecule has 116 valence electrons. The van der Waals surface area contributed by atoms with Crippen molar-refractivity contribution in [1.29, 1.82) is 0 Å². The van der Waals surface area contributed by atoms with Gasteiger partial charge in [-0.05, 0) is 17.5 Å². The summed E-state index contributed by atoms with van der Waals surface area (Å²) >= 11 is 0. The summed E-state index contributed by atoms with van der Waals surface area (Å²) < 4.78 is 0. The Labute approximate surface area is 132 Å². The first-order valence-corrected chi connectivity index (χ1v) is 7.67. The van der Waals surface area contributed by atoms with E-state index in [9.17, 15) is 0 Å². The fraction of sp³-hybridized carbons (Fsp3) is 0.278. The van der Waals surface area contributed by atoms with E-state index in [1.165, 1.54) is 11.1 Å². The predicted octanol–water partition coefficient (Wildman–Crippen LogP) is 2.92. The molecule has 22 heavy (non-hydrogen) atoms. The van der Waals surface area contributed by atoms with Gasteiger partial charge in [0.05, 0.1) is 0 Å². The largest absolute Gasteiger partial charge is 0.333 e. The molecular weight excluding hydrogens is 272 g/mol. The number of guanidine groups is 1. The lowest BCUT2D eigenvalue weighted by molar-refractivity contribution is 0.389. The van der Waals surface area contributed by atoms with Gasteiger partial charge >= 0.3 is 0 Å². The summed E-state index contributed by atoms with van der Waals surface area (Å²) in [5, 5.41) is 0. The Morgan fingerprint density at radius 3 is 1.86 bits per heavy atom. The van der Waals surface area contributed by atoms with Crippen LogP contribution in [0.4, 0.5) is 0 Å². The van der Waals surface area contributed by atoms with Gasteiger partial charge in [-0.15, -0.1) is 0 Å². The number of nitrogens with zero attached hydrogens (tertiary/aromatic N) is 2. The second-order valence-electron chi connectivity index (χ2n) is 5.18. The highest BCUT2D eigenvalue weighted by Crippen LogP contribution is 2.10. The van der Waals surface area contributed by atoms with Crippen molar-refractivity contribution in [2.24, 2.45) is 10.8 Å². The monoisotopic (exact) mass is 296 g/mol. The number of benzene rings is 2. The minimum atomic E-state index is 0.731. The second-order valence-corrected chi connectivity index (χ2v) is 5.18. The number of hydrogen-bond donors (Lipinski definition) is 2. The summed E-state index contributed by atoms with van der Waals surface area (Å²) in [5.74, 6) is 6.43. The van der Waals surface area contributed by atoms with Crippen LogP contribution in [0.15, 0.2) is 65.7 Å². The van der Waals surface area contributed by atoms with Gasteiger partial charge in [-0.2, -0.15) is 0 Å². The fourth-order valence-corrected chi connectivity index (χ4v) is 2.27. The van der Waals surface area contributed by atoms with Crippen molar-refractivity contribution in [3.8, 4) is 0 Å². The molecule has 0 atom stereocenters. The van der Waals surface area contributed by atoms with E-state index in [0.29, 0.717) is 0 Å². The third-order valence-corrected chi connectivity index (χ3v) is 3.35. The van der Waals surface area contributed by atoms with Gasteiger partial charge in [-0.25, -0.2) is 5.84 Å². The molecule has 0 spiro atoms. The summed E-state index contributed by atoms with van der Waals surface area (Å²) in [6, 6.07) is 20.7. The van der Waals surface area contributed by atoms with Crippen molar-refractivity contribution in [3.63, 3.8) is 0 Å². The minimum absolute atomic E-state index is 0.731. The Kier molecular flexibility index (Phi) is 6.45. The normalized spacial score (nSPS) is 11.3. The molecule has 2 rings (SSSR count). The average Bonchev–Trinajstić information content (AvgIpc) is 2.57. The lowest BCUT2D eigenvalue weighted by atomic mass is 10.2. The number of hydrogen-bond acceptors (Lipinski definition) is 2. The molecule has 0 heterocycles. The number of hydrazine groups is 1. The number of nitrogens with two attached hydrogens (primary N) is 1. The Bertz CT molecular complexity index is 525. The highest BCUT2D eigenvalue weighted by Gasteiger charge is 2.11. The maximum absolute atomic E-state index is 5.70. The molecule has 0 aliphatic carbocycles. The Balaban J connectivity index is 2.19. The minimum Gasteiger partial charge on any atom is -0.333 e. The van der Waals surface area contributed by atoms with Gasteiger partial charge in [0.15, 0.2) is 0 Å². The molecule has 0 bridgehead atoms. The fourth-order valence-electron chi connectivity index (χ4n) is 2.27. The standard InChI is InChI=1S/C18H24N4/c1-2-13-20-18(21-19)22(14-16-9-5-3-6-10-16)15-17-11-7-4-8-12-17/h3-12H,2,13-15,19H2,1H3,(H,20,21). The first-order chi connectivity index (χ1) is 10.8. The lowest BCUT2D eigenvalue weighted by Crippen LogP contribution is -2.44. The molecule has 0 fully saturated rings. The first kappa shape index (κ1) is 16.0. The molecule has 0 amide bonds. The van der Waals surface area contributed by atoms with Crippen LogP contribution in [0.25, 0.3) is 0 Å². The molecule has 0 saturated heterocycles. The van der Waals surface area contributed by atoms with E-state index in [1.54, 1.807) is 0 Å². The van der Waals surface area contributed by atoms with E-state index >= 15 is 0 Å². The van der Waals surface area contributed by atoms with Crippen molar-refractivity contribution in [3.05, 3.63) is 71.8 Å². The van der Waals surface area contributed by atoms with Gasteiger partial charge < -0.3 is 4.90 Å². The van der Waals surface area contributed by atoms with Crippen molar-refractivity contribution in [2.45, 2.75) is 26.4 Å². The molecule has 2 aromatic rings. The zero-order chi connectivity index (χ0) is 15.6. The smallest absolute Gasteiger partial charge is 0.209 e. The van der Waals surface area contributed by atoms with Gasteiger partial charge in [-0.1, -0.05) is 67.6 Å². The SMILES string of the molecule is CCCN=C(NN)N(Cc1ccccc1)Cc1ccccc1. The quantitative estimate of drug-likeness (QED) is 0.373. The van der Waals surface area contributed by atoms with Crippen molar-refractivity contribution < 1.29 is 0 Å². The number of nitrogens with one attached hydrogen (secondary N) is 1. The topological polar surface area (TPSA) is 53.6 Å². The molecular formula is C18H24N4. The van der Waals surface area contributed by atoms with Gasteiger partial charge in [0.1, 0.15) is 0 Å². The van der Waals surface area contributed by atoms with Crippen LogP contribution >= 0.6 is 0 Å². The zero-order valence-electron chi connectivity index (χ0n) is 13.1. The average molecular weight is 296 g/mol. The maximum Gasteiger partial charge on any atom is 0.209 e. The third kappa shape index (κ3) is 4.90. The zero-order valence-corrected chi connectivity index (χ0v) is 13.1. The van der Waals surface area contributed by atoms with Crippen molar-refractivity contribution in [1.82, 2.24) is 10.3 Å². The lowest BCUT2D eigenvalue weighted by Gasteiger charge is -2.26. The molecule has 0 aromatic heterocycles. The molecule has 4 heteroatoms. The summed E-state index contributed by atoms with van der Waals surface area (Å²) in [6.45, 7) is 4.40. The molecule has 0 saturated carbocycles. The first-order valence-electron chi connectivity index (χ1n) is 7.67. The molecule has 0 radical (unpaired) electrons. The molecule has 0 aliphatic rings. The van der Waals surface area contributed by atoms with Gasteiger partial charge in [0.2, 0.25) is 5.96 Å². The van der Waals surface area contributed by atoms with E-state index in [2.05, 4.69) is 70.8 Å². The second kappa shape index (κ2) is 8.85. The van der Waals surface area contributed by atoms with Crippen molar-refractivity contribution in [2.75, 3.05) is 6.54 Å². The Morgan fingerprint density at radius 1 is 0.955 bits per heavy atom. The number of aliphatic imine (C=N–C) groups is 1. The van der Waals surface area contributed by atoms with Gasteiger partial charge in [0, 0.05) is 19.6 Å². The van der Waals surface area contributed by atoms with Crippen LogP contribution in [0.1, 0.15) is 24.5 Å². The van der Waals surface area contributed by atoms with Crippen LogP contribution in [-0.2, 0) is 13.1 Å². The van der Waals surface area contributed by atoms with E-state index in [1.807, 2.05) is 12.1 Å². The molecule has 0 unspecified atom stereocenters. The van der Waals surface area contributed by atoms with E-state index < -0.39 is 0 Å². The third-order valence-electron chi connectivity index (χ3n) is 3.35. The van der Waals surface area contributed by atoms with Crippen LogP contribution in [-0.4, -0.2) is 17.4 Å². The predicted molar refractivity (Wildman–Crippen MR) is 92.0 cm³/mol. The number of rotatable bonds is 6. The molecule has 3 N–H and O–H groups in total. The summed E-state index contributed by atoms with van der Waals surface area (Å²) in [5.41, 5.74) is 5.22. The van der Waals surface area contributed by atoms with Crippen LogP contribution < -0.4 is 11.3 Å². The summed E-state index contributed by atoms with van der Waals surface area (Å²) in [6.07, 6.45) is 0.996. The molecule has 4 nitrogen and oxygen atoms in total. The molecule has 2 aromatic carbocycles. The van der Waals surface area contributed by atoms with Crippen LogP contribution in [0, 0.1) is 0 Å². The van der Waals surface area contributed by atoms with Crippen LogP contribution in [0.5, 0.6) is 0 Å². The Morgan fingerprint density at radius 2 is 1.45 bits per heavy atom. The highest BCUT2D eigenvalue weighted by atomic mass is 15.4. The van der Waals surface area contributed by atoms with Crippen molar-refractivity contribution >= 4 is 5.96 Å². The van der Waals surface area contributed by atoms with Gasteiger partial charge in [-0.3, -0.25) is 10.4 Å². The van der Waals surface area contributed by atoms with E-state index in [0.717, 1.165) is 32.0 Å². The van der Waals surface area contributed by atoms with Gasteiger partial charge in [0.25, 0.3) is 0 Å². The van der Waals surface area contributed by atoms with E-state index in [-0.39, 0.29) is 0 Å². The Hall–Kier alpha value is -2.33. The summed E-state index contributed by atoms with van der Waals surface area (Å²) in [7, 11) is 0. The molecule has 0 aliphatic heterocycles. The highest BCUT2D eigenvalue weighted by molar-refractivity contribution is 5.79. The van der Waals surface area contributed by atoms with Crippen LogP contribution in [0.3, 0.4) is 0 Å². The van der Waals surface area contributed by atoms with E-state index in [4.69, 9.17) is 5.84 Å². The maximum atomic E-state index is 5.70. The summed E-state index contributed by atoms with van der Waals surface area (Å²) in [4.78, 5) is 6.73.